The number of ether oxygens (including phenoxy) is 1. The molecule has 2 aromatic rings. The van der Waals surface area contributed by atoms with E-state index >= 15 is 0 Å². The Hall–Kier alpha value is -1.94. The Morgan fingerprint density at radius 1 is 1.05 bits per heavy atom. The van der Waals surface area contributed by atoms with E-state index in [0.717, 1.165) is 18.2 Å². The lowest BCUT2D eigenvalue weighted by atomic mass is 10.2. The highest BCUT2D eigenvalue weighted by Gasteiger charge is 2.19. The Morgan fingerprint density at radius 3 is 2.50 bits per heavy atom. The molecule has 0 aliphatic heterocycles. The van der Waals surface area contributed by atoms with E-state index in [0.29, 0.717) is 11.8 Å². The Balaban J connectivity index is 1.66. The first-order valence-electron chi connectivity index (χ1n) is 6.66. The maximum atomic E-state index is 13.5. The average molecular weight is 275 g/mol. The van der Waals surface area contributed by atoms with Crippen LogP contribution in [0.3, 0.4) is 0 Å². The van der Waals surface area contributed by atoms with Crippen LogP contribution in [0, 0.1) is 11.6 Å². The zero-order chi connectivity index (χ0) is 13.9. The molecule has 1 fully saturated rings. The second-order valence-electron chi connectivity index (χ2n) is 4.95. The minimum absolute atomic E-state index is 0.103. The third-order valence-electron chi connectivity index (χ3n) is 3.24. The van der Waals surface area contributed by atoms with Gasteiger partial charge in [-0.1, -0.05) is 18.2 Å². The van der Waals surface area contributed by atoms with Crippen molar-refractivity contribution in [3.63, 3.8) is 0 Å². The van der Waals surface area contributed by atoms with Crippen LogP contribution in [0.15, 0.2) is 42.5 Å². The van der Waals surface area contributed by atoms with Gasteiger partial charge < -0.3 is 10.1 Å². The van der Waals surface area contributed by atoms with Crippen molar-refractivity contribution in [2.45, 2.75) is 25.4 Å². The van der Waals surface area contributed by atoms with Gasteiger partial charge in [0.25, 0.3) is 0 Å². The molecule has 104 valence electrons. The molecule has 0 spiro atoms. The standard InChI is InChI=1S/C16H15F2NO/c17-14-2-1-3-15(16(14)18)20-13-8-4-11(5-9-13)10-19-12-6-7-12/h1-5,8-9,12,19H,6-7,10H2. The SMILES string of the molecule is Fc1cccc(Oc2ccc(CNC3CC3)cc2)c1F. The van der Waals surface area contributed by atoms with Crippen molar-refractivity contribution in [2.24, 2.45) is 0 Å². The normalized spacial score (nSPS) is 14.3. The minimum Gasteiger partial charge on any atom is -0.454 e. The average Bonchev–Trinajstić information content (AvgIpc) is 3.27. The summed E-state index contributed by atoms with van der Waals surface area (Å²) in [7, 11) is 0. The van der Waals surface area contributed by atoms with Crippen LogP contribution in [0.4, 0.5) is 8.78 Å². The lowest BCUT2D eigenvalue weighted by Crippen LogP contribution is -2.14. The second kappa shape index (κ2) is 5.59. The smallest absolute Gasteiger partial charge is 0.201 e. The molecule has 0 aromatic heterocycles. The molecule has 0 bridgehead atoms. The van der Waals surface area contributed by atoms with Crippen molar-refractivity contribution in [3.8, 4) is 11.5 Å². The van der Waals surface area contributed by atoms with Crippen LogP contribution >= 0.6 is 0 Å². The fourth-order valence-corrected chi connectivity index (χ4v) is 1.91. The predicted molar refractivity (Wildman–Crippen MR) is 72.7 cm³/mol. The molecule has 20 heavy (non-hydrogen) atoms. The highest BCUT2D eigenvalue weighted by molar-refractivity contribution is 5.34. The van der Waals surface area contributed by atoms with Crippen molar-refractivity contribution < 1.29 is 13.5 Å². The fourth-order valence-electron chi connectivity index (χ4n) is 1.91. The summed E-state index contributed by atoms with van der Waals surface area (Å²) in [5, 5.41) is 3.41. The quantitative estimate of drug-likeness (QED) is 0.890. The molecule has 0 unspecified atom stereocenters. The van der Waals surface area contributed by atoms with Crippen LogP contribution in [0.25, 0.3) is 0 Å². The van der Waals surface area contributed by atoms with Gasteiger partial charge in [0.1, 0.15) is 5.75 Å². The molecule has 0 radical (unpaired) electrons. The third kappa shape index (κ3) is 3.14. The second-order valence-corrected chi connectivity index (χ2v) is 4.95. The van der Waals surface area contributed by atoms with Gasteiger partial charge in [-0.2, -0.15) is 4.39 Å². The molecule has 0 amide bonds. The summed E-state index contributed by atoms with van der Waals surface area (Å²) in [6, 6.07) is 11.9. The van der Waals surface area contributed by atoms with Crippen LogP contribution in [0.1, 0.15) is 18.4 Å². The lowest BCUT2D eigenvalue weighted by Gasteiger charge is -2.08. The minimum atomic E-state index is -0.966. The predicted octanol–water partition coefficient (Wildman–Crippen LogP) is 4.01. The van der Waals surface area contributed by atoms with Gasteiger partial charge in [0.2, 0.25) is 5.82 Å². The number of hydrogen-bond acceptors (Lipinski definition) is 2. The van der Waals surface area contributed by atoms with E-state index in [1.807, 2.05) is 12.1 Å². The van der Waals surface area contributed by atoms with Gasteiger partial charge in [0, 0.05) is 12.6 Å². The number of hydrogen-bond donors (Lipinski definition) is 1. The topological polar surface area (TPSA) is 21.3 Å². The van der Waals surface area contributed by atoms with E-state index in [-0.39, 0.29) is 5.75 Å². The van der Waals surface area contributed by atoms with E-state index < -0.39 is 11.6 Å². The Bertz CT molecular complexity index is 594. The summed E-state index contributed by atoms with van der Waals surface area (Å²) >= 11 is 0. The van der Waals surface area contributed by atoms with Gasteiger partial charge in [-0.25, -0.2) is 4.39 Å². The Morgan fingerprint density at radius 2 is 1.80 bits per heavy atom. The molecule has 2 nitrogen and oxygen atoms in total. The van der Waals surface area contributed by atoms with Crippen LogP contribution in [-0.4, -0.2) is 6.04 Å². The largest absolute Gasteiger partial charge is 0.454 e. The summed E-state index contributed by atoms with van der Waals surface area (Å²) in [6.45, 7) is 0.819. The molecule has 4 heteroatoms. The molecule has 3 rings (SSSR count). The first-order valence-corrected chi connectivity index (χ1v) is 6.66. The molecular formula is C16H15F2NO. The maximum absolute atomic E-state index is 13.5. The molecule has 1 aliphatic rings. The number of rotatable bonds is 5. The van der Waals surface area contributed by atoms with Gasteiger partial charge in [-0.3, -0.25) is 0 Å². The molecule has 0 saturated heterocycles. The van der Waals surface area contributed by atoms with E-state index in [2.05, 4.69) is 5.32 Å². The Kier molecular flexibility index (Phi) is 3.65. The first kappa shape index (κ1) is 13.1. The zero-order valence-corrected chi connectivity index (χ0v) is 10.9. The molecule has 0 atom stereocenters. The van der Waals surface area contributed by atoms with Gasteiger partial charge >= 0.3 is 0 Å². The van der Waals surface area contributed by atoms with Crippen LogP contribution in [0.2, 0.25) is 0 Å². The monoisotopic (exact) mass is 275 g/mol. The molecule has 1 N–H and O–H groups in total. The lowest BCUT2D eigenvalue weighted by molar-refractivity contribution is 0.416. The number of halogens is 2. The van der Waals surface area contributed by atoms with Crippen molar-refractivity contribution in [2.75, 3.05) is 0 Å². The molecule has 1 aliphatic carbocycles. The number of benzene rings is 2. The highest BCUT2D eigenvalue weighted by Crippen LogP contribution is 2.26. The van der Waals surface area contributed by atoms with Crippen molar-refractivity contribution in [1.29, 1.82) is 0 Å². The highest BCUT2D eigenvalue weighted by atomic mass is 19.2. The summed E-state index contributed by atoms with van der Waals surface area (Å²) in [5.41, 5.74) is 1.14. The van der Waals surface area contributed by atoms with Crippen LogP contribution in [-0.2, 0) is 6.54 Å². The van der Waals surface area contributed by atoms with Gasteiger partial charge in [0.05, 0.1) is 0 Å². The molecule has 1 saturated carbocycles. The summed E-state index contributed by atoms with van der Waals surface area (Å²) in [4.78, 5) is 0. The summed E-state index contributed by atoms with van der Waals surface area (Å²) in [6.07, 6.45) is 2.50. The molecule has 2 aromatic carbocycles. The third-order valence-corrected chi connectivity index (χ3v) is 3.24. The van der Waals surface area contributed by atoms with Gasteiger partial charge in [-0.05, 0) is 42.7 Å². The molecular weight excluding hydrogens is 260 g/mol. The van der Waals surface area contributed by atoms with Crippen LogP contribution in [0.5, 0.6) is 11.5 Å². The van der Waals surface area contributed by atoms with E-state index in [1.165, 1.54) is 25.0 Å². The van der Waals surface area contributed by atoms with Crippen molar-refractivity contribution in [1.82, 2.24) is 5.32 Å². The van der Waals surface area contributed by atoms with Gasteiger partial charge in [-0.15, -0.1) is 0 Å². The van der Waals surface area contributed by atoms with E-state index in [4.69, 9.17) is 4.74 Å². The maximum Gasteiger partial charge on any atom is 0.201 e. The van der Waals surface area contributed by atoms with E-state index in [1.54, 1.807) is 12.1 Å². The van der Waals surface area contributed by atoms with Crippen LogP contribution < -0.4 is 10.1 Å². The Labute approximate surface area is 116 Å². The molecule has 0 heterocycles. The summed E-state index contributed by atoms with van der Waals surface area (Å²) in [5.74, 6) is -1.49. The van der Waals surface area contributed by atoms with Crippen molar-refractivity contribution >= 4 is 0 Å². The van der Waals surface area contributed by atoms with E-state index in [9.17, 15) is 8.78 Å². The zero-order valence-electron chi connectivity index (χ0n) is 10.9. The fraction of sp³-hybridized carbons (Fsp3) is 0.250. The first-order chi connectivity index (χ1) is 9.72. The number of nitrogens with one attached hydrogen (secondary N) is 1. The van der Waals surface area contributed by atoms with Gasteiger partial charge in [0.15, 0.2) is 11.6 Å². The summed E-state index contributed by atoms with van der Waals surface area (Å²) < 4.78 is 31.9. The van der Waals surface area contributed by atoms with Crippen molar-refractivity contribution in [3.05, 3.63) is 59.7 Å².